The molecule has 0 atom stereocenters. The lowest BCUT2D eigenvalue weighted by Gasteiger charge is -2.26. The molecule has 1 aliphatic rings. The first-order valence-corrected chi connectivity index (χ1v) is 7.05. The highest BCUT2D eigenvalue weighted by Gasteiger charge is 2.40. The minimum atomic E-state index is -1.10. The van der Waals surface area contributed by atoms with Crippen molar-refractivity contribution >= 4 is 5.57 Å². The van der Waals surface area contributed by atoms with E-state index in [0.29, 0.717) is 13.2 Å². The summed E-state index contributed by atoms with van der Waals surface area (Å²) in [7, 11) is 0. The maximum absolute atomic E-state index is 6.00. The molecule has 0 aromatic heterocycles. The number of rotatable bonds is 5. The van der Waals surface area contributed by atoms with E-state index >= 15 is 0 Å². The van der Waals surface area contributed by atoms with Crippen LogP contribution in [0.25, 0.3) is 5.57 Å². The van der Waals surface area contributed by atoms with Crippen LogP contribution in [0.15, 0.2) is 47.7 Å². The van der Waals surface area contributed by atoms with E-state index in [9.17, 15) is 0 Å². The van der Waals surface area contributed by atoms with Crippen molar-refractivity contribution in [2.75, 3.05) is 13.2 Å². The molecule has 0 unspecified atom stereocenters. The molecule has 0 spiro atoms. The fraction of sp³-hybridized carbons (Fsp3) is 0.412. The van der Waals surface area contributed by atoms with Gasteiger partial charge < -0.3 is 14.2 Å². The molecule has 0 saturated heterocycles. The Balaban J connectivity index is 2.47. The normalized spacial score (nSPS) is 16.8. The van der Waals surface area contributed by atoms with Gasteiger partial charge in [0.05, 0.1) is 13.2 Å². The number of benzene rings is 1. The first-order valence-electron chi connectivity index (χ1n) is 7.05. The zero-order valence-electron chi connectivity index (χ0n) is 12.6. The smallest absolute Gasteiger partial charge is 0.350 e. The van der Waals surface area contributed by atoms with Crippen molar-refractivity contribution in [1.29, 1.82) is 0 Å². The van der Waals surface area contributed by atoms with Crippen LogP contribution in [0.2, 0.25) is 0 Å². The van der Waals surface area contributed by atoms with Gasteiger partial charge in [-0.15, -0.1) is 0 Å². The third kappa shape index (κ3) is 2.94. The molecular formula is C17H22O3. The highest BCUT2D eigenvalue weighted by molar-refractivity contribution is 5.80. The summed E-state index contributed by atoms with van der Waals surface area (Å²) in [5.41, 5.74) is 3.22. The van der Waals surface area contributed by atoms with Crippen molar-refractivity contribution in [3.63, 3.8) is 0 Å². The van der Waals surface area contributed by atoms with Gasteiger partial charge in [0.25, 0.3) is 0 Å². The van der Waals surface area contributed by atoms with Gasteiger partial charge in [0.15, 0.2) is 0 Å². The third-order valence-electron chi connectivity index (χ3n) is 3.04. The second-order valence-corrected chi connectivity index (χ2v) is 4.82. The molecule has 3 heteroatoms. The molecule has 20 heavy (non-hydrogen) atoms. The van der Waals surface area contributed by atoms with Crippen LogP contribution in [0.1, 0.15) is 33.3 Å². The molecular weight excluding hydrogens is 252 g/mol. The average Bonchev–Trinajstić information content (AvgIpc) is 2.81. The highest BCUT2D eigenvalue weighted by Crippen LogP contribution is 2.40. The van der Waals surface area contributed by atoms with E-state index in [0.717, 1.165) is 22.5 Å². The highest BCUT2D eigenvalue weighted by atomic mass is 16.9. The zero-order chi connectivity index (χ0) is 14.6. The van der Waals surface area contributed by atoms with E-state index in [2.05, 4.69) is 12.1 Å². The second kappa shape index (κ2) is 6.25. The number of ether oxygens (including phenoxy) is 3. The van der Waals surface area contributed by atoms with E-state index in [4.69, 9.17) is 14.2 Å². The Morgan fingerprint density at radius 2 is 1.65 bits per heavy atom. The SMILES string of the molecule is CCOC1(OCC)C=C(c2ccccc2)C(=C(C)C)O1. The molecule has 0 aliphatic carbocycles. The number of hydrogen-bond donors (Lipinski definition) is 0. The Hall–Kier alpha value is -1.58. The fourth-order valence-corrected chi connectivity index (χ4v) is 2.26. The van der Waals surface area contributed by atoms with Crippen LogP contribution in [0.4, 0.5) is 0 Å². The van der Waals surface area contributed by atoms with E-state index in [1.54, 1.807) is 0 Å². The van der Waals surface area contributed by atoms with Gasteiger partial charge in [0.1, 0.15) is 5.76 Å². The van der Waals surface area contributed by atoms with E-state index in [1.165, 1.54) is 0 Å². The molecule has 1 aromatic carbocycles. The Morgan fingerprint density at radius 3 is 2.15 bits per heavy atom. The Labute approximate surface area is 120 Å². The quantitative estimate of drug-likeness (QED) is 0.756. The van der Waals surface area contributed by atoms with Crippen LogP contribution in [-0.4, -0.2) is 19.2 Å². The molecule has 0 fully saturated rings. The fourth-order valence-electron chi connectivity index (χ4n) is 2.26. The Bertz CT molecular complexity index is 504. The summed E-state index contributed by atoms with van der Waals surface area (Å²) in [6, 6.07) is 10.2. The monoisotopic (exact) mass is 274 g/mol. The average molecular weight is 274 g/mol. The number of hydrogen-bond acceptors (Lipinski definition) is 3. The topological polar surface area (TPSA) is 27.7 Å². The standard InChI is InChI=1S/C17H22O3/c1-5-18-17(19-6-2)12-15(16(20-17)13(3)4)14-10-8-7-9-11-14/h7-12H,5-6H2,1-4H3. The predicted molar refractivity (Wildman–Crippen MR) is 79.9 cm³/mol. The van der Waals surface area contributed by atoms with Gasteiger partial charge in [-0.2, -0.15) is 0 Å². The molecule has 2 rings (SSSR count). The van der Waals surface area contributed by atoms with Crippen LogP contribution in [0, 0.1) is 0 Å². The van der Waals surface area contributed by atoms with Crippen LogP contribution in [-0.2, 0) is 14.2 Å². The van der Waals surface area contributed by atoms with E-state index in [1.807, 2.05) is 52.0 Å². The lowest BCUT2D eigenvalue weighted by Crippen LogP contribution is -2.34. The zero-order valence-corrected chi connectivity index (χ0v) is 12.6. The maximum Gasteiger partial charge on any atom is 0.350 e. The predicted octanol–water partition coefficient (Wildman–Crippen LogP) is 4.12. The minimum absolute atomic E-state index is 0.522. The summed E-state index contributed by atoms with van der Waals surface area (Å²) in [6.07, 6.45) is 1.93. The van der Waals surface area contributed by atoms with Gasteiger partial charge in [-0.25, -0.2) is 0 Å². The molecule has 1 aliphatic heterocycles. The molecule has 1 aromatic rings. The van der Waals surface area contributed by atoms with Gasteiger partial charge in [-0.3, -0.25) is 0 Å². The van der Waals surface area contributed by atoms with Gasteiger partial charge in [-0.1, -0.05) is 30.3 Å². The first kappa shape index (κ1) is 14.8. The van der Waals surface area contributed by atoms with Crippen molar-refractivity contribution in [1.82, 2.24) is 0 Å². The van der Waals surface area contributed by atoms with Crippen molar-refractivity contribution in [2.45, 2.75) is 33.7 Å². The van der Waals surface area contributed by atoms with Crippen LogP contribution in [0.3, 0.4) is 0 Å². The summed E-state index contributed by atoms with van der Waals surface area (Å²) >= 11 is 0. The van der Waals surface area contributed by atoms with Gasteiger partial charge in [-0.05, 0) is 38.8 Å². The summed E-state index contributed by atoms with van der Waals surface area (Å²) in [6.45, 7) is 8.96. The molecule has 108 valence electrons. The van der Waals surface area contributed by atoms with Gasteiger partial charge in [0, 0.05) is 11.6 Å². The van der Waals surface area contributed by atoms with Crippen molar-refractivity contribution < 1.29 is 14.2 Å². The molecule has 0 radical (unpaired) electrons. The van der Waals surface area contributed by atoms with Crippen molar-refractivity contribution in [2.24, 2.45) is 0 Å². The largest absolute Gasteiger partial charge is 0.435 e. The summed E-state index contributed by atoms with van der Waals surface area (Å²) < 4.78 is 17.4. The van der Waals surface area contributed by atoms with Crippen molar-refractivity contribution in [3.05, 3.63) is 53.3 Å². The number of allylic oxidation sites excluding steroid dienone is 2. The molecule has 0 saturated carbocycles. The summed E-state index contributed by atoms with van der Waals surface area (Å²) in [4.78, 5) is 0. The van der Waals surface area contributed by atoms with E-state index in [-0.39, 0.29) is 0 Å². The first-order chi connectivity index (χ1) is 9.62. The molecule has 0 N–H and O–H groups in total. The maximum atomic E-state index is 6.00. The van der Waals surface area contributed by atoms with Crippen LogP contribution >= 0.6 is 0 Å². The lowest BCUT2D eigenvalue weighted by atomic mass is 10.0. The minimum Gasteiger partial charge on any atom is -0.435 e. The van der Waals surface area contributed by atoms with Crippen LogP contribution in [0.5, 0.6) is 0 Å². The third-order valence-corrected chi connectivity index (χ3v) is 3.04. The van der Waals surface area contributed by atoms with Crippen molar-refractivity contribution in [3.8, 4) is 0 Å². The van der Waals surface area contributed by atoms with Crippen LogP contribution < -0.4 is 0 Å². The van der Waals surface area contributed by atoms with Gasteiger partial charge >= 0.3 is 5.97 Å². The molecule has 3 nitrogen and oxygen atoms in total. The van der Waals surface area contributed by atoms with Gasteiger partial charge in [0.2, 0.25) is 0 Å². The molecule has 1 heterocycles. The summed E-state index contributed by atoms with van der Waals surface area (Å²) in [5.74, 6) is -0.264. The second-order valence-electron chi connectivity index (χ2n) is 4.82. The Kier molecular flexibility index (Phi) is 4.63. The van der Waals surface area contributed by atoms with E-state index < -0.39 is 5.97 Å². The summed E-state index contributed by atoms with van der Waals surface area (Å²) in [5, 5.41) is 0. The molecule has 0 amide bonds. The lowest BCUT2D eigenvalue weighted by molar-refractivity contribution is -0.324. The molecule has 0 bridgehead atoms. The Morgan fingerprint density at radius 1 is 1.05 bits per heavy atom.